The van der Waals surface area contributed by atoms with Crippen molar-refractivity contribution in [3.8, 4) is 16.9 Å². The molecule has 0 spiro atoms. The normalized spacial score (nSPS) is 10.3. The number of rotatable bonds is 2. The van der Waals surface area contributed by atoms with E-state index in [0.717, 1.165) is 16.8 Å². The van der Waals surface area contributed by atoms with Crippen molar-refractivity contribution in [2.24, 2.45) is 0 Å². The number of hydrogen-bond acceptors (Lipinski definition) is 2. The van der Waals surface area contributed by atoms with Crippen LogP contribution in [0.15, 0.2) is 42.5 Å². The van der Waals surface area contributed by atoms with Crippen LogP contribution >= 0.6 is 11.6 Å². The summed E-state index contributed by atoms with van der Waals surface area (Å²) in [5, 5.41) is 9.74. The Morgan fingerprint density at radius 1 is 0.941 bits per heavy atom. The van der Waals surface area contributed by atoms with E-state index >= 15 is 0 Å². The first-order chi connectivity index (χ1) is 8.08. The third-order valence-electron chi connectivity index (χ3n) is 2.66. The van der Waals surface area contributed by atoms with Crippen LogP contribution in [0.3, 0.4) is 0 Å². The maximum atomic E-state index is 9.37. The van der Waals surface area contributed by atoms with Crippen molar-refractivity contribution in [1.82, 2.24) is 0 Å². The molecule has 0 heterocycles. The summed E-state index contributed by atoms with van der Waals surface area (Å²) in [5.74, 6) is 0.111. The van der Waals surface area contributed by atoms with Crippen LogP contribution in [-0.2, 0) is 0 Å². The van der Waals surface area contributed by atoms with Crippen LogP contribution in [0.2, 0.25) is 5.02 Å². The molecule has 1 N–H and O–H groups in total. The van der Waals surface area contributed by atoms with Crippen LogP contribution < -0.4 is 4.90 Å². The second-order valence-corrected chi connectivity index (χ2v) is 4.51. The maximum Gasteiger partial charge on any atom is 0.134 e. The predicted molar refractivity (Wildman–Crippen MR) is 72.9 cm³/mol. The fraction of sp³-hybridized carbons (Fsp3) is 0.143. The Hall–Kier alpha value is -1.67. The Labute approximate surface area is 106 Å². The van der Waals surface area contributed by atoms with Crippen molar-refractivity contribution < 1.29 is 5.11 Å². The minimum absolute atomic E-state index is 0.111. The van der Waals surface area contributed by atoms with Gasteiger partial charge < -0.3 is 10.0 Å². The monoisotopic (exact) mass is 247 g/mol. The number of phenols is 1. The van der Waals surface area contributed by atoms with E-state index in [-0.39, 0.29) is 5.75 Å². The van der Waals surface area contributed by atoms with E-state index < -0.39 is 0 Å². The zero-order valence-electron chi connectivity index (χ0n) is 9.81. The van der Waals surface area contributed by atoms with Gasteiger partial charge in [-0.2, -0.15) is 0 Å². The lowest BCUT2D eigenvalue weighted by molar-refractivity contribution is 0.475. The minimum atomic E-state index is 0.111. The number of anilines is 1. The third-order valence-corrected chi connectivity index (χ3v) is 2.97. The molecule has 0 saturated heterocycles. The van der Waals surface area contributed by atoms with Gasteiger partial charge in [0.25, 0.3) is 0 Å². The van der Waals surface area contributed by atoms with Crippen molar-refractivity contribution in [2.75, 3.05) is 19.0 Å². The fourth-order valence-corrected chi connectivity index (χ4v) is 1.82. The van der Waals surface area contributed by atoms with Gasteiger partial charge in [-0.3, -0.25) is 0 Å². The number of hydrogen-bond donors (Lipinski definition) is 1. The second kappa shape index (κ2) is 4.68. The molecule has 0 aliphatic rings. The van der Waals surface area contributed by atoms with Crippen molar-refractivity contribution in [3.05, 3.63) is 47.5 Å². The van der Waals surface area contributed by atoms with Crippen LogP contribution in [0, 0.1) is 0 Å². The van der Waals surface area contributed by atoms with E-state index in [0.29, 0.717) is 5.02 Å². The maximum absolute atomic E-state index is 9.37. The van der Waals surface area contributed by atoms with E-state index in [9.17, 15) is 5.11 Å². The van der Waals surface area contributed by atoms with Gasteiger partial charge in [0.1, 0.15) is 5.75 Å². The molecule has 0 aliphatic carbocycles. The lowest BCUT2D eigenvalue weighted by Crippen LogP contribution is -2.07. The summed E-state index contributed by atoms with van der Waals surface area (Å²) >= 11 is 5.89. The van der Waals surface area contributed by atoms with Crippen molar-refractivity contribution in [2.45, 2.75) is 0 Å². The molecule has 17 heavy (non-hydrogen) atoms. The largest absolute Gasteiger partial charge is 0.506 e. The van der Waals surface area contributed by atoms with Gasteiger partial charge in [0.05, 0.1) is 5.02 Å². The predicted octanol–water partition coefficient (Wildman–Crippen LogP) is 3.78. The molecule has 88 valence electrons. The summed E-state index contributed by atoms with van der Waals surface area (Å²) in [6, 6.07) is 13.4. The van der Waals surface area contributed by atoms with Crippen molar-refractivity contribution in [1.29, 1.82) is 0 Å². The van der Waals surface area contributed by atoms with Gasteiger partial charge in [0.15, 0.2) is 0 Å². The Balaban J connectivity index is 2.36. The summed E-state index contributed by atoms with van der Waals surface area (Å²) in [6.07, 6.45) is 0. The lowest BCUT2D eigenvalue weighted by Gasteiger charge is -2.12. The highest BCUT2D eigenvalue weighted by Gasteiger charge is 2.03. The smallest absolute Gasteiger partial charge is 0.134 e. The molecule has 2 nitrogen and oxygen atoms in total. The highest BCUT2D eigenvalue weighted by Crippen LogP contribution is 2.30. The molecule has 2 rings (SSSR count). The van der Waals surface area contributed by atoms with Gasteiger partial charge in [-0.05, 0) is 35.4 Å². The summed E-state index contributed by atoms with van der Waals surface area (Å²) in [6.45, 7) is 0. The molecular formula is C14H14ClNO. The van der Waals surface area contributed by atoms with E-state index in [4.69, 9.17) is 11.6 Å². The quantitative estimate of drug-likeness (QED) is 0.873. The lowest BCUT2D eigenvalue weighted by atomic mass is 10.1. The molecule has 0 bridgehead atoms. The Kier molecular flexibility index (Phi) is 3.25. The van der Waals surface area contributed by atoms with Gasteiger partial charge in [-0.15, -0.1) is 0 Å². The van der Waals surface area contributed by atoms with Gasteiger partial charge in [-0.25, -0.2) is 0 Å². The van der Waals surface area contributed by atoms with Crippen molar-refractivity contribution in [3.63, 3.8) is 0 Å². The zero-order valence-corrected chi connectivity index (χ0v) is 10.6. The first-order valence-electron chi connectivity index (χ1n) is 5.34. The average molecular weight is 248 g/mol. The van der Waals surface area contributed by atoms with E-state index in [1.54, 1.807) is 12.1 Å². The Morgan fingerprint density at radius 2 is 1.53 bits per heavy atom. The first-order valence-corrected chi connectivity index (χ1v) is 5.72. The highest BCUT2D eigenvalue weighted by atomic mass is 35.5. The molecular weight excluding hydrogens is 234 g/mol. The molecule has 0 aliphatic heterocycles. The standard InChI is InChI=1S/C14H14ClNO/c1-16(2)12-6-3-10(4-7-12)11-5-8-14(17)13(15)9-11/h3-9,17H,1-2H3. The molecule has 0 atom stereocenters. The Bertz CT molecular complexity index is 520. The molecule has 0 fully saturated rings. The average Bonchev–Trinajstić information content (AvgIpc) is 2.33. The van der Waals surface area contributed by atoms with Crippen molar-refractivity contribution >= 4 is 17.3 Å². The molecule has 2 aromatic carbocycles. The summed E-state index contributed by atoms with van der Waals surface area (Å²) in [7, 11) is 4.01. The van der Waals surface area contributed by atoms with Gasteiger partial charge in [0.2, 0.25) is 0 Å². The molecule has 3 heteroatoms. The van der Waals surface area contributed by atoms with E-state index in [1.165, 1.54) is 0 Å². The van der Waals surface area contributed by atoms with Crippen LogP contribution in [0.1, 0.15) is 0 Å². The van der Waals surface area contributed by atoms with Gasteiger partial charge >= 0.3 is 0 Å². The van der Waals surface area contributed by atoms with Crippen LogP contribution in [0.5, 0.6) is 5.75 Å². The number of nitrogens with zero attached hydrogens (tertiary/aromatic N) is 1. The number of benzene rings is 2. The second-order valence-electron chi connectivity index (χ2n) is 4.11. The molecule has 0 radical (unpaired) electrons. The summed E-state index contributed by atoms with van der Waals surface area (Å²) in [5.41, 5.74) is 3.23. The van der Waals surface area contributed by atoms with E-state index in [1.807, 2.05) is 37.2 Å². The highest BCUT2D eigenvalue weighted by molar-refractivity contribution is 6.32. The van der Waals surface area contributed by atoms with E-state index in [2.05, 4.69) is 12.1 Å². The molecule has 0 amide bonds. The van der Waals surface area contributed by atoms with Crippen LogP contribution in [0.25, 0.3) is 11.1 Å². The third kappa shape index (κ3) is 2.53. The van der Waals surface area contributed by atoms with Crippen LogP contribution in [-0.4, -0.2) is 19.2 Å². The SMILES string of the molecule is CN(C)c1ccc(-c2ccc(O)c(Cl)c2)cc1. The fourth-order valence-electron chi connectivity index (χ4n) is 1.64. The van der Waals surface area contributed by atoms with Gasteiger partial charge in [-0.1, -0.05) is 29.8 Å². The van der Waals surface area contributed by atoms with Gasteiger partial charge in [0, 0.05) is 19.8 Å². The number of halogens is 1. The zero-order chi connectivity index (χ0) is 12.4. The molecule has 0 saturated carbocycles. The number of phenolic OH excluding ortho intramolecular Hbond substituents is 1. The minimum Gasteiger partial charge on any atom is -0.506 e. The first kappa shape index (κ1) is 11.8. The Morgan fingerprint density at radius 3 is 2.06 bits per heavy atom. The summed E-state index contributed by atoms with van der Waals surface area (Å²) < 4.78 is 0. The molecule has 0 unspecified atom stereocenters. The molecule has 2 aromatic rings. The summed E-state index contributed by atoms with van der Waals surface area (Å²) in [4.78, 5) is 2.05. The molecule has 0 aromatic heterocycles. The number of aromatic hydroxyl groups is 1. The van der Waals surface area contributed by atoms with Crippen LogP contribution in [0.4, 0.5) is 5.69 Å². The topological polar surface area (TPSA) is 23.5 Å².